The van der Waals surface area contributed by atoms with Crippen LogP contribution in [0.5, 0.6) is 0 Å². The quantitative estimate of drug-likeness (QED) is 0.895. The summed E-state index contributed by atoms with van der Waals surface area (Å²) in [4.78, 5) is 29.6. The molecule has 0 bridgehead atoms. The van der Waals surface area contributed by atoms with Crippen molar-refractivity contribution >= 4 is 17.6 Å². The van der Waals surface area contributed by atoms with E-state index in [1.165, 1.54) is 0 Å². The number of amides is 3. The number of rotatable bonds is 4. The molecule has 1 saturated heterocycles. The van der Waals surface area contributed by atoms with Gasteiger partial charge in [0.1, 0.15) is 11.9 Å². The van der Waals surface area contributed by atoms with Gasteiger partial charge in [0.25, 0.3) is 0 Å². The molecule has 2 heterocycles. The van der Waals surface area contributed by atoms with Gasteiger partial charge in [-0.3, -0.25) is 4.79 Å². The van der Waals surface area contributed by atoms with Crippen LogP contribution in [0.3, 0.4) is 0 Å². The average Bonchev–Trinajstić information content (AvgIpc) is 3.10. The van der Waals surface area contributed by atoms with Gasteiger partial charge in [-0.15, -0.1) is 0 Å². The predicted octanol–water partition coefficient (Wildman–Crippen LogP) is 1.59. The van der Waals surface area contributed by atoms with E-state index in [-0.39, 0.29) is 11.9 Å². The Balaban J connectivity index is 1.55. The van der Waals surface area contributed by atoms with Crippen molar-refractivity contribution in [2.24, 2.45) is 0 Å². The fraction of sp³-hybridized carbons (Fsp3) is 0.353. The van der Waals surface area contributed by atoms with Crippen molar-refractivity contribution in [1.82, 2.24) is 19.8 Å². The zero-order chi connectivity index (χ0) is 17.1. The van der Waals surface area contributed by atoms with E-state index in [1.54, 1.807) is 18.1 Å². The number of imidazole rings is 1. The number of aryl methyl sites for hydroxylation is 1. The van der Waals surface area contributed by atoms with E-state index < -0.39 is 6.04 Å². The second kappa shape index (κ2) is 6.74. The molecular formula is C17H21N5O2. The molecule has 0 aliphatic carbocycles. The summed E-state index contributed by atoms with van der Waals surface area (Å²) in [6, 6.07) is 6.83. The Bertz CT molecular complexity index is 738. The van der Waals surface area contributed by atoms with Crippen LogP contribution in [-0.4, -0.2) is 46.0 Å². The predicted molar refractivity (Wildman–Crippen MR) is 90.7 cm³/mol. The normalized spacial score (nSPS) is 17.2. The molecule has 0 spiro atoms. The summed E-state index contributed by atoms with van der Waals surface area (Å²) in [5, 5.41) is 5.47. The van der Waals surface area contributed by atoms with Gasteiger partial charge in [-0.25, -0.2) is 9.78 Å². The Morgan fingerprint density at radius 2 is 2.08 bits per heavy atom. The van der Waals surface area contributed by atoms with E-state index in [4.69, 9.17) is 0 Å². The monoisotopic (exact) mass is 327 g/mol. The number of nitrogens with one attached hydrogen (secondary N) is 2. The third kappa shape index (κ3) is 3.56. The van der Waals surface area contributed by atoms with E-state index in [9.17, 15) is 9.59 Å². The molecule has 1 atom stereocenters. The maximum absolute atomic E-state index is 12.0. The summed E-state index contributed by atoms with van der Waals surface area (Å²) < 4.78 is 2.05. The Morgan fingerprint density at radius 3 is 2.67 bits per heavy atom. The highest BCUT2D eigenvalue weighted by Gasteiger charge is 2.30. The fourth-order valence-corrected chi connectivity index (χ4v) is 2.74. The number of nitrogens with zero attached hydrogens (tertiary/aromatic N) is 3. The molecule has 1 aliphatic rings. The molecule has 1 fully saturated rings. The number of benzene rings is 1. The number of hydrogen-bond donors (Lipinski definition) is 2. The van der Waals surface area contributed by atoms with E-state index in [1.807, 2.05) is 37.4 Å². The lowest BCUT2D eigenvalue weighted by Gasteiger charge is -2.13. The molecule has 0 unspecified atom stereocenters. The second-order valence-electron chi connectivity index (χ2n) is 6.00. The van der Waals surface area contributed by atoms with Gasteiger partial charge in [0.05, 0.1) is 0 Å². The number of carbonyl (C=O) groups is 2. The van der Waals surface area contributed by atoms with Crippen LogP contribution < -0.4 is 10.6 Å². The summed E-state index contributed by atoms with van der Waals surface area (Å²) in [6.45, 7) is 3.37. The summed E-state index contributed by atoms with van der Waals surface area (Å²) in [5.41, 5.74) is 1.81. The summed E-state index contributed by atoms with van der Waals surface area (Å²) in [6.07, 6.45) is 4.36. The minimum atomic E-state index is -0.432. The fourth-order valence-electron chi connectivity index (χ4n) is 2.74. The topological polar surface area (TPSA) is 79.3 Å². The van der Waals surface area contributed by atoms with Crippen LogP contribution in [0.1, 0.15) is 17.8 Å². The molecule has 7 nitrogen and oxygen atoms in total. The molecule has 3 rings (SSSR count). The van der Waals surface area contributed by atoms with E-state index >= 15 is 0 Å². The van der Waals surface area contributed by atoms with Crippen molar-refractivity contribution in [3.8, 4) is 0 Å². The van der Waals surface area contributed by atoms with E-state index in [0.29, 0.717) is 18.7 Å². The maximum atomic E-state index is 12.0. The van der Waals surface area contributed by atoms with Crippen LogP contribution in [0.2, 0.25) is 0 Å². The highest BCUT2D eigenvalue weighted by atomic mass is 16.2. The molecule has 1 aromatic heterocycles. The first kappa shape index (κ1) is 16.0. The lowest BCUT2D eigenvalue weighted by atomic mass is 10.2. The number of carbonyl (C=O) groups excluding carboxylic acids is 2. The number of anilines is 1. The number of likely N-dealkylation sites (tertiary alicyclic amines) is 1. The van der Waals surface area contributed by atoms with E-state index in [2.05, 4.69) is 20.2 Å². The molecule has 1 aromatic carbocycles. The van der Waals surface area contributed by atoms with Gasteiger partial charge < -0.3 is 20.1 Å². The van der Waals surface area contributed by atoms with Crippen LogP contribution >= 0.6 is 0 Å². The zero-order valence-electron chi connectivity index (χ0n) is 13.8. The number of aromatic nitrogens is 2. The maximum Gasteiger partial charge on any atom is 0.319 e. The van der Waals surface area contributed by atoms with E-state index in [0.717, 1.165) is 17.9 Å². The van der Waals surface area contributed by atoms with Gasteiger partial charge in [0, 0.05) is 38.2 Å². The summed E-state index contributed by atoms with van der Waals surface area (Å²) >= 11 is 0. The first-order chi connectivity index (χ1) is 11.5. The van der Waals surface area contributed by atoms with Crippen molar-refractivity contribution in [3.63, 3.8) is 0 Å². The van der Waals surface area contributed by atoms with Crippen LogP contribution in [0.4, 0.5) is 10.5 Å². The smallest absolute Gasteiger partial charge is 0.319 e. The van der Waals surface area contributed by atoms with Crippen LogP contribution in [-0.2, 0) is 11.3 Å². The Kier molecular flexibility index (Phi) is 4.50. The minimum Gasteiger partial charge on any atom is -0.344 e. The van der Waals surface area contributed by atoms with Gasteiger partial charge >= 0.3 is 6.03 Å². The third-order valence-corrected chi connectivity index (χ3v) is 4.22. The number of urea groups is 1. The highest BCUT2D eigenvalue weighted by molar-refractivity contribution is 5.94. The van der Waals surface area contributed by atoms with Crippen LogP contribution in [0.25, 0.3) is 0 Å². The van der Waals surface area contributed by atoms with Crippen molar-refractivity contribution in [3.05, 3.63) is 48.0 Å². The Hall–Kier alpha value is -2.83. The van der Waals surface area contributed by atoms with Crippen molar-refractivity contribution in [2.75, 3.05) is 18.9 Å². The SMILES string of the molecule is Cc1nccn1Cc1ccc(NC(=O)N[C@@H]2CCN(C)C2=O)cc1. The molecule has 24 heavy (non-hydrogen) atoms. The Morgan fingerprint density at radius 1 is 1.33 bits per heavy atom. The van der Waals surface area contributed by atoms with Crippen molar-refractivity contribution < 1.29 is 9.59 Å². The third-order valence-electron chi connectivity index (χ3n) is 4.22. The lowest BCUT2D eigenvalue weighted by molar-refractivity contribution is -0.128. The standard InChI is InChI=1S/C17H21N5O2/c1-12-18-8-10-22(12)11-13-3-5-14(6-4-13)19-17(24)20-15-7-9-21(2)16(15)23/h3-6,8,10,15H,7,9,11H2,1-2H3,(H2,19,20,24)/t15-/m1/s1. The molecule has 0 saturated carbocycles. The summed E-state index contributed by atoms with van der Waals surface area (Å²) in [5.74, 6) is 0.916. The summed E-state index contributed by atoms with van der Waals surface area (Å²) in [7, 11) is 1.74. The molecule has 126 valence electrons. The van der Waals surface area contributed by atoms with Crippen LogP contribution in [0.15, 0.2) is 36.7 Å². The first-order valence-electron chi connectivity index (χ1n) is 7.92. The van der Waals surface area contributed by atoms with Gasteiger partial charge in [0.2, 0.25) is 5.91 Å². The van der Waals surface area contributed by atoms with Gasteiger partial charge in [0.15, 0.2) is 0 Å². The number of hydrogen-bond acceptors (Lipinski definition) is 3. The van der Waals surface area contributed by atoms with Crippen LogP contribution in [0, 0.1) is 6.92 Å². The van der Waals surface area contributed by atoms with Gasteiger partial charge in [-0.2, -0.15) is 0 Å². The first-order valence-corrected chi connectivity index (χ1v) is 7.92. The molecule has 1 aliphatic heterocycles. The molecule has 2 N–H and O–H groups in total. The van der Waals surface area contributed by atoms with Crippen molar-refractivity contribution in [1.29, 1.82) is 0 Å². The average molecular weight is 327 g/mol. The highest BCUT2D eigenvalue weighted by Crippen LogP contribution is 2.13. The number of likely N-dealkylation sites (N-methyl/N-ethyl adjacent to an activating group) is 1. The second-order valence-corrected chi connectivity index (χ2v) is 6.00. The minimum absolute atomic E-state index is 0.0452. The molecule has 0 radical (unpaired) electrons. The largest absolute Gasteiger partial charge is 0.344 e. The lowest BCUT2D eigenvalue weighted by Crippen LogP contribution is -2.42. The van der Waals surface area contributed by atoms with Crippen molar-refractivity contribution in [2.45, 2.75) is 25.9 Å². The van der Waals surface area contributed by atoms with Gasteiger partial charge in [-0.1, -0.05) is 12.1 Å². The zero-order valence-corrected chi connectivity index (χ0v) is 13.8. The van der Waals surface area contributed by atoms with Gasteiger partial charge in [-0.05, 0) is 31.0 Å². The molecule has 7 heteroatoms. The Labute approximate surface area is 140 Å². The molecular weight excluding hydrogens is 306 g/mol. The molecule has 3 amide bonds. The molecule has 2 aromatic rings.